The molecule has 2 aromatic carbocycles. The number of ether oxygens (including phenoxy) is 1. The fourth-order valence-electron chi connectivity index (χ4n) is 3.02. The molecule has 0 amide bonds. The molecule has 1 heterocycles. The summed E-state index contributed by atoms with van der Waals surface area (Å²) in [5.41, 5.74) is 4.15. The van der Waals surface area contributed by atoms with E-state index in [4.69, 9.17) is 4.74 Å². The van der Waals surface area contributed by atoms with Gasteiger partial charge in [-0.15, -0.1) is 0 Å². The Morgan fingerprint density at radius 1 is 1.19 bits per heavy atom. The summed E-state index contributed by atoms with van der Waals surface area (Å²) < 4.78 is 7.03. The largest absolute Gasteiger partial charge is 0.497 e. The molecule has 0 aliphatic carbocycles. The van der Waals surface area contributed by atoms with E-state index < -0.39 is 5.97 Å². The van der Waals surface area contributed by atoms with Crippen molar-refractivity contribution in [1.82, 2.24) is 9.78 Å². The third kappa shape index (κ3) is 3.33. The van der Waals surface area contributed by atoms with Crippen molar-refractivity contribution in [2.45, 2.75) is 26.7 Å². The quantitative estimate of drug-likeness (QED) is 0.710. The van der Waals surface area contributed by atoms with Gasteiger partial charge in [0.05, 0.1) is 18.5 Å². The summed E-state index contributed by atoms with van der Waals surface area (Å²) in [5.74, 6) is -0.301. The van der Waals surface area contributed by atoms with Crippen LogP contribution in [0.5, 0.6) is 5.75 Å². The first-order valence-electron chi connectivity index (χ1n) is 8.61. The predicted octanol–water partition coefficient (Wildman–Crippen LogP) is 4.51. The molecule has 0 fully saturated rings. The van der Waals surface area contributed by atoms with Crippen LogP contribution in [0, 0.1) is 6.92 Å². The first kappa shape index (κ1) is 17.7. The van der Waals surface area contributed by atoms with Crippen LogP contribution >= 0.6 is 0 Å². The first-order chi connectivity index (χ1) is 12.5. The number of methoxy groups -OCH3 is 1. The van der Waals surface area contributed by atoms with Gasteiger partial charge in [0.1, 0.15) is 17.0 Å². The zero-order valence-corrected chi connectivity index (χ0v) is 15.2. The van der Waals surface area contributed by atoms with Gasteiger partial charge in [-0.05, 0) is 37.6 Å². The molecule has 1 aromatic heterocycles. The van der Waals surface area contributed by atoms with Gasteiger partial charge in [-0.3, -0.25) is 0 Å². The van der Waals surface area contributed by atoms with Crippen molar-refractivity contribution >= 4 is 5.97 Å². The van der Waals surface area contributed by atoms with Crippen LogP contribution in [0.4, 0.5) is 0 Å². The number of carboxylic acid groups (broad SMARTS) is 1. The lowest BCUT2D eigenvalue weighted by Gasteiger charge is -2.07. The molecule has 5 nitrogen and oxygen atoms in total. The maximum Gasteiger partial charge on any atom is 0.339 e. The van der Waals surface area contributed by atoms with Gasteiger partial charge in [-0.1, -0.05) is 43.2 Å². The van der Waals surface area contributed by atoms with Gasteiger partial charge in [0.15, 0.2) is 0 Å². The van der Waals surface area contributed by atoms with E-state index >= 15 is 0 Å². The van der Waals surface area contributed by atoms with E-state index in [1.54, 1.807) is 11.8 Å². The van der Waals surface area contributed by atoms with Crippen LogP contribution in [0.15, 0.2) is 48.5 Å². The van der Waals surface area contributed by atoms with Gasteiger partial charge in [-0.25, -0.2) is 9.48 Å². The maximum absolute atomic E-state index is 12.1. The van der Waals surface area contributed by atoms with E-state index in [2.05, 4.69) is 5.10 Å². The van der Waals surface area contributed by atoms with Gasteiger partial charge < -0.3 is 9.84 Å². The lowest BCUT2D eigenvalue weighted by molar-refractivity contribution is 0.0696. The summed E-state index contributed by atoms with van der Waals surface area (Å²) in [4.78, 5) is 12.1. The molecule has 0 aliphatic rings. The third-order valence-electron chi connectivity index (χ3n) is 4.30. The van der Waals surface area contributed by atoms with Crippen molar-refractivity contribution in [3.8, 4) is 22.7 Å². The molecule has 26 heavy (non-hydrogen) atoms. The standard InChI is InChI=1S/C21H22N2O3/c1-4-6-18-19(21(24)25)20(15-7-5-8-17(13-15)26-3)22-23(18)16-11-9-14(2)10-12-16/h5,7-13H,4,6H2,1-3H3,(H,24,25). The highest BCUT2D eigenvalue weighted by Gasteiger charge is 2.24. The van der Waals surface area contributed by atoms with Gasteiger partial charge in [-0.2, -0.15) is 5.10 Å². The second-order valence-corrected chi connectivity index (χ2v) is 6.20. The molecule has 134 valence electrons. The minimum atomic E-state index is -0.968. The van der Waals surface area contributed by atoms with Gasteiger partial charge in [0.2, 0.25) is 0 Å². The van der Waals surface area contributed by atoms with Crippen LogP contribution in [0.1, 0.15) is 35.0 Å². The number of hydrogen-bond acceptors (Lipinski definition) is 3. The maximum atomic E-state index is 12.1. The molecular weight excluding hydrogens is 328 g/mol. The molecule has 0 unspecified atom stereocenters. The number of carbonyl (C=O) groups is 1. The fraction of sp³-hybridized carbons (Fsp3) is 0.238. The Morgan fingerprint density at radius 2 is 1.92 bits per heavy atom. The number of carboxylic acids is 1. The number of benzene rings is 2. The van der Waals surface area contributed by atoms with E-state index in [1.165, 1.54) is 0 Å². The number of hydrogen-bond donors (Lipinski definition) is 1. The molecule has 0 atom stereocenters. The molecule has 0 radical (unpaired) electrons. The van der Waals surface area contributed by atoms with E-state index in [0.29, 0.717) is 23.6 Å². The molecule has 1 N–H and O–H groups in total. The number of nitrogens with zero attached hydrogens (tertiary/aromatic N) is 2. The molecule has 0 saturated heterocycles. The van der Waals surface area contributed by atoms with E-state index in [-0.39, 0.29) is 5.56 Å². The van der Waals surface area contributed by atoms with Crippen molar-refractivity contribution in [1.29, 1.82) is 0 Å². The smallest absolute Gasteiger partial charge is 0.339 e. The monoisotopic (exact) mass is 350 g/mol. The van der Waals surface area contributed by atoms with Crippen LogP contribution in [0.3, 0.4) is 0 Å². The Morgan fingerprint density at radius 3 is 2.54 bits per heavy atom. The van der Waals surface area contributed by atoms with E-state index in [1.807, 2.05) is 62.4 Å². The lowest BCUT2D eigenvalue weighted by Crippen LogP contribution is -2.06. The minimum Gasteiger partial charge on any atom is -0.497 e. The van der Waals surface area contributed by atoms with Crippen LogP contribution in [0.2, 0.25) is 0 Å². The number of aromatic carboxylic acids is 1. The molecule has 0 spiro atoms. The molecule has 0 aliphatic heterocycles. The van der Waals surface area contributed by atoms with Gasteiger partial charge in [0.25, 0.3) is 0 Å². The predicted molar refractivity (Wildman–Crippen MR) is 101 cm³/mol. The van der Waals surface area contributed by atoms with Crippen LogP contribution in [-0.4, -0.2) is 28.0 Å². The Bertz CT molecular complexity index is 927. The van der Waals surface area contributed by atoms with E-state index in [9.17, 15) is 9.90 Å². The molecular formula is C21H22N2O3. The average molecular weight is 350 g/mol. The highest BCUT2D eigenvalue weighted by atomic mass is 16.5. The summed E-state index contributed by atoms with van der Waals surface area (Å²) >= 11 is 0. The van der Waals surface area contributed by atoms with Crippen molar-refractivity contribution in [3.05, 3.63) is 65.4 Å². The molecule has 0 bridgehead atoms. The second-order valence-electron chi connectivity index (χ2n) is 6.20. The SMILES string of the molecule is CCCc1c(C(=O)O)c(-c2cccc(OC)c2)nn1-c1ccc(C)cc1. The zero-order valence-electron chi connectivity index (χ0n) is 15.2. The molecule has 0 saturated carbocycles. The van der Waals surface area contributed by atoms with Crippen molar-refractivity contribution in [3.63, 3.8) is 0 Å². The molecule has 3 rings (SSSR count). The highest BCUT2D eigenvalue weighted by Crippen LogP contribution is 2.30. The third-order valence-corrected chi connectivity index (χ3v) is 4.30. The number of rotatable bonds is 6. The van der Waals surface area contributed by atoms with E-state index in [0.717, 1.165) is 23.2 Å². The number of aryl methyl sites for hydroxylation is 1. The summed E-state index contributed by atoms with van der Waals surface area (Å²) in [6, 6.07) is 15.2. The first-order valence-corrected chi connectivity index (χ1v) is 8.61. The highest BCUT2D eigenvalue weighted by molar-refractivity contribution is 5.96. The Balaban J connectivity index is 2.25. The summed E-state index contributed by atoms with van der Waals surface area (Å²) in [5, 5.41) is 14.6. The average Bonchev–Trinajstić information content (AvgIpc) is 3.02. The zero-order chi connectivity index (χ0) is 18.7. The summed E-state index contributed by atoms with van der Waals surface area (Å²) in [7, 11) is 1.59. The van der Waals surface area contributed by atoms with Crippen molar-refractivity contribution in [2.24, 2.45) is 0 Å². The Hall–Kier alpha value is -3.08. The Kier molecular flexibility index (Phi) is 5.07. The summed E-state index contributed by atoms with van der Waals surface area (Å²) in [6.45, 7) is 4.05. The molecule has 3 aromatic rings. The van der Waals surface area contributed by atoms with Crippen LogP contribution in [0.25, 0.3) is 16.9 Å². The fourth-order valence-corrected chi connectivity index (χ4v) is 3.02. The minimum absolute atomic E-state index is 0.251. The number of aromatic nitrogens is 2. The lowest BCUT2D eigenvalue weighted by atomic mass is 10.0. The van der Waals surface area contributed by atoms with Gasteiger partial charge in [0, 0.05) is 5.56 Å². The summed E-state index contributed by atoms with van der Waals surface area (Å²) in [6.07, 6.45) is 1.46. The molecule has 5 heteroatoms. The topological polar surface area (TPSA) is 64.3 Å². The van der Waals surface area contributed by atoms with Crippen LogP contribution in [-0.2, 0) is 6.42 Å². The van der Waals surface area contributed by atoms with Gasteiger partial charge >= 0.3 is 5.97 Å². The van der Waals surface area contributed by atoms with Crippen molar-refractivity contribution < 1.29 is 14.6 Å². The second kappa shape index (κ2) is 7.44. The Labute approximate surface area is 152 Å². The normalized spacial score (nSPS) is 10.7. The van der Waals surface area contributed by atoms with Crippen LogP contribution < -0.4 is 4.74 Å². The van der Waals surface area contributed by atoms with Crippen molar-refractivity contribution in [2.75, 3.05) is 7.11 Å².